The number of nitrogens with one attached hydrogen (secondary N) is 1. The lowest BCUT2D eigenvalue weighted by molar-refractivity contribution is 0.482. The molecular formula is C12H21NO3S. The van der Waals surface area contributed by atoms with Crippen molar-refractivity contribution in [1.29, 1.82) is 0 Å². The molecule has 1 atom stereocenters. The Bertz CT molecular complexity index is 462. The Morgan fingerprint density at radius 2 is 2.06 bits per heavy atom. The fraction of sp³-hybridized carbons (Fsp3) is 0.667. The van der Waals surface area contributed by atoms with Gasteiger partial charge in [-0.25, -0.2) is 8.42 Å². The normalized spacial score (nSPS) is 13.9. The van der Waals surface area contributed by atoms with Crippen LogP contribution in [0.1, 0.15) is 36.0 Å². The zero-order valence-corrected chi connectivity index (χ0v) is 11.7. The van der Waals surface area contributed by atoms with Gasteiger partial charge in [-0.05, 0) is 39.8 Å². The first-order valence-corrected chi connectivity index (χ1v) is 7.81. The van der Waals surface area contributed by atoms with Crippen LogP contribution in [0.25, 0.3) is 0 Å². The van der Waals surface area contributed by atoms with Crippen molar-refractivity contribution in [1.82, 2.24) is 5.32 Å². The minimum atomic E-state index is -2.87. The van der Waals surface area contributed by atoms with Gasteiger partial charge in [0.1, 0.15) is 21.4 Å². The van der Waals surface area contributed by atoms with Crippen molar-refractivity contribution in [3.05, 3.63) is 23.2 Å². The number of furan rings is 1. The van der Waals surface area contributed by atoms with Crippen molar-refractivity contribution >= 4 is 9.84 Å². The van der Waals surface area contributed by atoms with E-state index >= 15 is 0 Å². The number of hydrogen-bond donors (Lipinski definition) is 1. The maximum Gasteiger partial charge on any atom is 0.147 e. The molecule has 4 nitrogen and oxygen atoms in total. The van der Waals surface area contributed by atoms with Gasteiger partial charge < -0.3 is 9.73 Å². The average molecular weight is 259 g/mol. The summed E-state index contributed by atoms with van der Waals surface area (Å²) in [6.45, 7) is 3.85. The molecule has 5 heteroatoms. The van der Waals surface area contributed by atoms with Crippen molar-refractivity contribution in [3.63, 3.8) is 0 Å². The molecule has 1 aromatic heterocycles. The quantitative estimate of drug-likeness (QED) is 0.848. The Balaban J connectivity index is 2.63. The van der Waals surface area contributed by atoms with Crippen LogP contribution in [0.3, 0.4) is 0 Å². The van der Waals surface area contributed by atoms with Crippen LogP contribution in [0.2, 0.25) is 0 Å². The smallest absolute Gasteiger partial charge is 0.147 e. The monoisotopic (exact) mass is 259 g/mol. The van der Waals surface area contributed by atoms with E-state index in [-0.39, 0.29) is 11.8 Å². The van der Waals surface area contributed by atoms with Gasteiger partial charge in [-0.15, -0.1) is 0 Å². The molecule has 0 saturated heterocycles. The van der Waals surface area contributed by atoms with Crippen LogP contribution in [-0.2, 0) is 9.84 Å². The van der Waals surface area contributed by atoms with Gasteiger partial charge in [-0.2, -0.15) is 0 Å². The van der Waals surface area contributed by atoms with Crippen LogP contribution in [0.15, 0.2) is 10.5 Å². The van der Waals surface area contributed by atoms with Crippen molar-refractivity contribution in [3.8, 4) is 0 Å². The Morgan fingerprint density at radius 1 is 1.41 bits per heavy atom. The highest BCUT2D eigenvalue weighted by Crippen LogP contribution is 2.24. The first kappa shape index (κ1) is 14.3. The standard InChI is InChI=1S/C12H21NO3S/c1-9-8-11(10(2)16-9)12(13-3)6-5-7-17(4,14)15/h8,12-13H,5-7H2,1-4H3. The van der Waals surface area contributed by atoms with Gasteiger partial charge in [0.15, 0.2) is 0 Å². The lowest BCUT2D eigenvalue weighted by atomic mass is 10.0. The molecule has 1 aromatic rings. The van der Waals surface area contributed by atoms with Crippen LogP contribution in [-0.4, -0.2) is 27.5 Å². The van der Waals surface area contributed by atoms with E-state index in [9.17, 15) is 8.42 Å². The van der Waals surface area contributed by atoms with Gasteiger partial charge in [0.05, 0.1) is 0 Å². The van der Waals surface area contributed by atoms with Crippen molar-refractivity contribution in [2.45, 2.75) is 32.7 Å². The summed E-state index contributed by atoms with van der Waals surface area (Å²) < 4.78 is 27.6. The molecule has 0 aromatic carbocycles. The molecule has 0 amide bonds. The Morgan fingerprint density at radius 3 is 2.47 bits per heavy atom. The van der Waals surface area contributed by atoms with Crippen molar-refractivity contribution in [2.75, 3.05) is 19.1 Å². The summed E-state index contributed by atoms with van der Waals surface area (Å²) in [5.41, 5.74) is 1.12. The zero-order valence-electron chi connectivity index (χ0n) is 10.9. The summed E-state index contributed by atoms with van der Waals surface area (Å²) in [7, 11) is -0.984. The van der Waals surface area contributed by atoms with Gasteiger partial charge >= 0.3 is 0 Å². The van der Waals surface area contributed by atoms with Gasteiger partial charge in [-0.1, -0.05) is 0 Å². The van der Waals surface area contributed by atoms with Crippen molar-refractivity contribution in [2.24, 2.45) is 0 Å². The Hall–Kier alpha value is -0.810. The third-order valence-electron chi connectivity index (χ3n) is 2.81. The SMILES string of the molecule is CNC(CCCS(C)(=O)=O)c1cc(C)oc1C. The van der Waals surface area contributed by atoms with Crippen LogP contribution in [0, 0.1) is 13.8 Å². The Labute approximate surface area is 103 Å². The number of hydrogen-bond acceptors (Lipinski definition) is 4. The number of aryl methyl sites for hydroxylation is 2. The van der Waals surface area contributed by atoms with Crippen LogP contribution >= 0.6 is 0 Å². The fourth-order valence-electron chi connectivity index (χ4n) is 2.00. The molecule has 0 spiro atoms. The largest absolute Gasteiger partial charge is 0.466 e. The molecule has 98 valence electrons. The van der Waals surface area contributed by atoms with Gasteiger partial charge in [0.25, 0.3) is 0 Å². The van der Waals surface area contributed by atoms with E-state index in [0.29, 0.717) is 6.42 Å². The predicted octanol–water partition coefficient (Wildman–Crippen LogP) is 1.98. The highest BCUT2D eigenvalue weighted by molar-refractivity contribution is 7.90. The van der Waals surface area contributed by atoms with E-state index in [1.54, 1.807) is 0 Å². The highest BCUT2D eigenvalue weighted by Gasteiger charge is 2.16. The molecular weight excluding hydrogens is 238 g/mol. The number of rotatable bonds is 6. The molecule has 1 unspecified atom stereocenters. The van der Waals surface area contributed by atoms with Crippen LogP contribution < -0.4 is 5.32 Å². The molecule has 0 fully saturated rings. The third-order valence-corrected chi connectivity index (χ3v) is 3.84. The third kappa shape index (κ3) is 4.52. The van der Waals surface area contributed by atoms with Gasteiger partial charge in [0.2, 0.25) is 0 Å². The van der Waals surface area contributed by atoms with Gasteiger partial charge in [-0.3, -0.25) is 0 Å². The summed E-state index contributed by atoms with van der Waals surface area (Å²) in [4.78, 5) is 0. The highest BCUT2D eigenvalue weighted by atomic mass is 32.2. The molecule has 17 heavy (non-hydrogen) atoms. The maximum absolute atomic E-state index is 11.1. The molecule has 1 rings (SSSR count). The molecule has 0 bridgehead atoms. The molecule has 0 radical (unpaired) electrons. The van der Waals surface area contributed by atoms with E-state index in [2.05, 4.69) is 5.32 Å². The zero-order chi connectivity index (χ0) is 13.1. The first-order valence-electron chi connectivity index (χ1n) is 5.75. The minimum absolute atomic E-state index is 0.161. The number of sulfone groups is 1. The lowest BCUT2D eigenvalue weighted by Gasteiger charge is -2.15. The molecule has 0 aliphatic rings. The second kappa shape index (κ2) is 5.69. The minimum Gasteiger partial charge on any atom is -0.466 e. The maximum atomic E-state index is 11.1. The average Bonchev–Trinajstić information content (AvgIpc) is 2.51. The molecule has 0 aliphatic heterocycles. The second-order valence-corrected chi connectivity index (χ2v) is 6.74. The van der Waals surface area contributed by atoms with Gasteiger partial charge in [0, 0.05) is 23.6 Å². The molecule has 1 heterocycles. The van der Waals surface area contributed by atoms with E-state index in [0.717, 1.165) is 23.5 Å². The predicted molar refractivity (Wildman–Crippen MR) is 68.9 cm³/mol. The van der Waals surface area contributed by atoms with E-state index in [1.165, 1.54) is 6.26 Å². The topological polar surface area (TPSA) is 59.3 Å². The summed E-state index contributed by atoms with van der Waals surface area (Å²) in [5, 5.41) is 3.20. The fourth-order valence-corrected chi connectivity index (χ4v) is 2.69. The second-order valence-electron chi connectivity index (χ2n) is 4.48. The Kier molecular flexibility index (Phi) is 4.77. The molecule has 0 aliphatic carbocycles. The lowest BCUT2D eigenvalue weighted by Crippen LogP contribution is -2.17. The van der Waals surface area contributed by atoms with E-state index in [1.807, 2.05) is 27.0 Å². The van der Waals surface area contributed by atoms with E-state index in [4.69, 9.17) is 4.42 Å². The summed E-state index contributed by atoms with van der Waals surface area (Å²) in [6, 6.07) is 2.17. The summed E-state index contributed by atoms with van der Waals surface area (Å²) in [6.07, 6.45) is 2.73. The van der Waals surface area contributed by atoms with Crippen LogP contribution in [0.4, 0.5) is 0 Å². The summed E-state index contributed by atoms with van der Waals surface area (Å²) in [5.74, 6) is 2.03. The molecule has 1 N–H and O–H groups in total. The first-order chi connectivity index (χ1) is 7.83. The van der Waals surface area contributed by atoms with Crippen molar-refractivity contribution < 1.29 is 12.8 Å². The van der Waals surface area contributed by atoms with E-state index < -0.39 is 9.84 Å². The summed E-state index contributed by atoms with van der Waals surface area (Å²) >= 11 is 0. The molecule has 0 saturated carbocycles. The van der Waals surface area contributed by atoms with Crippen LogP contribution in [0.5, 0.6) is 0 Å².